The minimum atomic E-state index is -3.91. The maximum atomic E-state index is 13.2. The molecule has 28 heavy (non-hydrogen) atoms. The summed E-state index contributed by atoms with van der Waals surface area (Å²) in [5, 5.41) is 2.80. The summed E-state index contributed by atoms with van der Waals surface area (Å²) >= 11 is 6.20. The number of hydrogen-bond acceptors (Lipinski definition) is 3. The SMILES string of the molecule is CCN(c1ccccc1)S(=O)(=O)c1cc(NC(=O)c2ccccc2)ccc1Cl. The van der Waals surface area contributed by atoms with Crippen LogP contribution in [0.2, 0.25) is 5.02 Å². The van der Waals surface area contributed by atoms with E-state index in [1.165, 1.54) is 16.4 Å². The van der Waals surface area contributed by atoms with Crippen LogP contribution in [0.15, 0.2) is 83.8 Å². The topological polar surface area (TPSA) is 66.5 Å². The molecule has 0 unspecified atom stereocenters. The van der Waals surface area contributed by atoms with Crippen molar-refractivity contribution < 1.29 is 13.2 Å². The third kappa shape index (κ3) is 4.18. The number of hydrogen-bond donors (Lipinski definition) is 1. The normalized spacial score (nSPS) is 11.1. The lowest BCUT2D eigenvalue weighted by Crippen LogP contribution is -2.31. The van der Waals surface area contributed by atoms with E-state index in [-0.39, 0.29) is 22.4 Å². The lowest BCUT2D eigenvalue weighted by Gasteiger charge is -2.23. The van der Waals surface area contributed by atoms with Crippen molar-refractivity contribution in [1.82, 2.24) is 0 Å². The maximum absolute atomic E-state index is 13.2. The summed E-state index contributed by atoms with van der Waals surface area (Å²) < 4.78 is 27.7. The molecule has 0 atom stereocenters. The molecule has 0 spiro atoms. The van der Waals surface area contributed by atoms with E-state index < -0.39 is 10.0 Å². The Morgan fingerprint density at radius 1 is 0.964 bits per heavy atom. The summed E-state index contributed by atoms with van der Waals surface area (Å²) in [6.45, 7) is 1.99. The first kappa shape index (κ1) is 19.9. The number of carbonyl (C=O) groups is 1. The Kier molecular flexibility index (Phi) is 6.02. The number of rotatable bonds is 6. The fourth-order valence-corrected chi connectivity index (χ4v) is 4.75. The van der Waals surface area contributed by atoms with E-state index in [1.807, 2.05) is 12.1 Å². The molecule has 0 saturated heterocycles. The van der Waals surface area contributed by atoms with Crippen LogP contribution in [0.4, 0.5) is 11.4 Å². The number of anilines is 2. The van der Waals surface area contributed by atoms with Gasteiger partial charge in [0.15, 0.2) is 0 Å². The molecule has 0 aromatic heterocycles. The fraction of sp³-hybridized carbons (Fsp3) is 0.0952. The summed E-state index contributed by atoms with van der Waals surface area (Å²) in [6, 6.07) is 21.9. The van der Waals surface area contributed by atoms with E-state index in [0.29, 0.717) is 16.9 Å². The van der Waals surface area contributed by atoms with Gasteiger partial charge in [-0.25, -0.2) is 8.42 Å². The van der Waals surface area contributed by atoms with Gasteiger partial charge in [-0.3, -0.25) is 9.10 Å². The minimum Gasteiger partial charge on any atom is -0.322 e. The van der Waals surface area contributed by atoms with Gasteiger partial charge >= 0.3 is 0 Å². The number of sulfonamides is 1. The van der Waals surface area contributed by atoms with Gasteiger partial charge in [0.25, 0.3) is 15.9 Å². The van der Waals surface area contributed by atoms with Gasteiger partial charge < -0.3 is 5.32 Å². The molecule has 1 N–H and O–H groups in total. The van der Waals surface area contributed by atoms with Crippen LogP contribution in [0.1, 0.15) is 17.3 Å². The first-order valence-electron chi connectivity index (χ1n) is 8.67. The van der Waals surface area contributed by atoms with Crippen molar-refractivity contribution >= 4 is 38.9 Å². The third-order valence-corrected chi connectivity index (χ3v) is 6.51. The fourth-order valence-electron chi connectivity index (χ4n) is 2.78. The Balaban J connectivity index is 1.95. The van der Waals surface area contributed by atoms with Crippen molar-refractivity contribution in [2.45, 2.75) is 11.8 Å². The molecule has 144 valence electrons. The highest BCUT2D eigenvalue weighted by Gasteiger charge is 2.26. The molecule has 1 amide bonds. The predicted molar refractivity (Wildman–Crippen MR) is 112 cm³/mol. The molecule has 0 aliphatic carbocycles. The number of halogens is 1. The van der Waals surface area contributed by atoms with Gasteiger partial charge in [0.05, 0.1) is 10.7 Å². The third-order valence-electron chi connectivity index (χ3n) is 4.12. The standard InChI is InChI=1S/C21H19ClN2O3S/c1-2-24(18-11-7-4-8-12-18)28(26,27)20-15-17(13-14-19(20)22)23-21(25)16-9-5-3-6-10-16/h3-15H,2H2,1H3,(H,23,25). The molecule has 0 bridgehead atoms. The second kappa shape index (κ2) is 8.46. The molecule has 0 aliphatic heterocycles. The molecular formula is C21H19ClN2O3S. The molecule has 0 fully saturated rings. The molecule has 3 aromatic rings. The second-order valence-electron chi connectivity index (χ2n) is 5.97. The maximum Gasteiger partial charge on any atom is 0.265 e. The largest absolute Gasteiger partial charge is 0.322 e. The van der Waals surface area contributed by atoms with Crippen molar-refractivity contribution in [3.63, 3.8) is 0 Å². The van der Waals surface area contributed by atoms with Crippen molar-refractivity contribution in [2.24, 2.45) is 0 Å². The molecule has 3 aromatic carbocycles. The average Bonchev–Trinajstić information content (AvgIpc) is 2.71. The van der Waals surface area contributed by atoms with E-state index in [9.17, 15) is 13.2 Å². The van der Waals surface area contributed by atoms with E-state index in [1.54, 1.807) is 61.5 Å². The van der Waals surface area contributed by atoms with Crippen LogP contribution >= 0.6 is 11.6 Å². The smallest absolute Gasteiger partial charge is 0.265 e. The average molecular weight is 415 g/mol. The van der Waals surface area contributed by atoms with Crippen LogP contribution in [-0.4, -0.2) is 20.9 Å². The van der Waals surface area contributed by atoms with Gasteiger partial charge in [0.2, 0.25) is 0 Å². The Bertz CT molecular complexity index is 1070. The van der Waals surface area contributed by atoms with Crippen LogP contribution in [-0.2, 0) is 10.0 Å². The van der Waals surface area contributed by atoms with Crippen LogP contribution < -0.4 is 9.62 Å². The van der Waals surface area contributed by atoms with Gasteiger partial charge in [-0.1, -0.05) is 48.0 Å². The van der Waals surface area contributed by atoms with Crippen LogP contribution in [0.5, 0.6) is 0 Å². The Hall–Kier alpha value is -2.83. The number of benzene rings is 3. The first-order valence-corrected chi connectivity index (χ1v) is 10.5. The highest BCUT2D eigenvalue weighted by molar-refractivity contribution is 7.93. The van der Waals surface area contributed by atoms with Crippen LogP contribution in [0, 0.1) is 0 Å². The Morgan fingerprint density at radius 2 is 1.57 bits per heavy atom. The zero-order valence-corrected chi connectivity index (χ0v) is 16.7. The quantitative estimate of drug-likeness (QED) is 0.629. The summed E-state index contributed by atoms with van der Waals surface area (Å²) in [7, 11) is -3.91. The lowest BCUT2D eigenvalue weighted by molar-refractivity contribution is 0.102. The molecule has 0 heterocycles. The van der Waals surface area contributed by atoms with E-state index in [4.69, 9.17) is 11.6 Å². The number of nitrogens with one attached hydrogen (secondary N) is 1. The van der Waals surface area contributed by atoms with Crippen molar-refractivity contribution in [3.8, 4) is 0 Å². The molecule has 0 saturated carbocycles. The molecule has 0 aliphatic rings. The van der Waals surface area contributed by atoms with E-state index in [2.05, 4.69) is 5.32 Å². The summed E-state index contributed by atoms with van der Waals surface area (Å²) in [5.74, 6) is -0.332. The number of carbonyl (C=O) groups excluding carboxylic acids is 1. The number of para-hydroxylation sites is 1. The molecule has 7 heteroatoms. The molecular weight excluding hydrogens is 396 g/mol. The summed E-state index contributed by atoms with van der Waals surface area (Å²) in [5.41, 5.74) is 1.36. The van der Waals surface area contributed by atoms with E-state index in [0.717, 1.165) is 0 Å². The Labute approximate surface area is 169 Å². The molecule has 0 radical (unpaired) electrons. The first-order chi connectivity index (χ1) is 13.4. The summed E-state index contributed by atoms with van der Waals surface area (Å²) in [4.78, 5) is 12.3. The van der Waals surface area contributed by atoms with Gasteiger partial charge in [-0.05, 0) is 49.4 Å². The van der Waals surface area contributed by atoms with Gasteiger partial charge in [0, 0.05) is 17.8 Å². The highest BCUT2D eigenvalue weighted by atomic mass is 35.5. The van der Waals surface area contributed by atoms with E-state index >= 15 is 0 Å². The lowest BCUT2D eigenvalue weighted by atomic mass is 10.2. The molecule has 3 rings (SSSR count). The number of nitrogens with zero attached hydrogens (tertiary/aromatic N) is 1. The predicted octanol–water partition coefficient (Wildman–Crippen LogP) is 4.81. The van der Waals surface area contributed by atoms with Crippen molar-refractivity contribution in [1.29, 1.82) is 0 Å². The van der Waals surface area contributed by atoms with Gasteiger partial charge in [-0.15, -0.1) is 0 Å². The Morgan fingerprint density at radius 3 is 2.18 bits per heavy atom. The second-order valence-corrected chi connectivity index (χ2v) is 8.21. The highest BCUT2D eigenvalue weighted by Crippen LogP contribution is 2.30. The van der Waals surface area contributed by atoms with Crippen LogP contribution in [0.3, 0.4) is 0 Å². The van der Waals surface area contributed by atoms with Crippen molar-refractivity contribution in [2.75, 3.05) is 16.2 Å². The summed E-state index contributed by atoms with van der Waals surface area (Å²) in [6.07, 6.45) is 0. The van der Waals surface area contributed by atoms with Crippen LogP contribution in [0.25, 0.3) is 0 Å². The number of amides is 1. The van der Waals surface area contributed by atoms with Gasteiger partial charge in [0.1, 0.15) is 4.90 Å². The monoisotopic (exact) mass is 414 g/mol. The minimum absolute atomic E-state index is 0.0641. The van der Waals surface area contributed by atoms with Gasteiger partial charge in [-0.2, -0.15) is 0 Å². The molecule has 5 nitrogen and oxygen atoms in total. The van der Waals surface area contributed by atoms with Crippen molar-refractivity contribution in [3.05, 3.63) is 89.4 Å². The zero-order valence-electron chi connectivity index (χ0n) is 15.2. The zero-order chi connectivity index (χ0) is 20.1.